The molecule has 54 heavy (non-hydrogen) atoms. The van der Waals surface area contributed by atoms with Crippen molar-refractivity contribution in [3.8, 4) is 5.75 Å². The van der Waals surface area contributed by atoms with Gasteiger partial charge in [0.05, 0.1) is 38.4 Å². The van der Waals surface area contributed by atoms with Gasteiger partial charge in [0.1, 0.15) is 30.7 Å². The zero-order valence-corrected chi connectivity index (χ0v) is 32.4. The number of carbonyl (C=O) groups is 4. The van der Waals surface area contributed by atoms with Crippen molar-refractivity contribution >= 4 is 23.8 Å². The molecule has 0 spiro atoms. The van der Waals surface area contributed by atoms with E-state index in [0.29, 0.717) is 89.9 Å². The summed E-state index contributed by atoms with van der Waals surface area (Å²) in [7, 11) is 0. The molecule has 0 saturated carbocycles. The number of aryl methyl sites for hydroxylation is 1. The van der Waals surface area contributed by atoms with E-state index in [9.17, 15) is 39.6 Å². The van der Waals surface area contributed by atoms with Gasteiger partial charge in [-0.05, 0) is 70.1 Å². The van der Waals surface area contributed by atoms with Gasteiger partial charge >= 0.3 is 11.9 Å². The average Bonchev–Trinajstić information content (AvgIpc) is 3.10. The number of aliphatic hydroxyl groups is 3. The van der Waals surface area contributed by atoms with Gasteiger partial charge in [0, 0.05) is 38.1 Å². The number of amides is 2. The van der Waals surface area contributed by atoms with Crippen molar-refractivity contribution in [2.24, 2.45) is 11.3 Å². The van der Waals surface area contributed by atoms with Gasteiger partial charge in [-0.2, -0.15) is 0 Å². The highest BCUT2D eigenvalue weighted by Gasteiger charge is 2.48. The summed E-state index contributed by atoms with van der Waals surface area (Å²) in [6.45, 7) is 12.4. The summed E-state index contributed by atoms with van der Waals surface area (Å²) in [5, 5.41) is 45.7. The van der Waals surface area contributed by atoms with Crippen LogP contribution in [0.25, 0.3) is 0 Å². The summed E-state index contributed by atoms with van der Waals surface area (Å²) in [4.78, 5) is 47.6. The number of carboxylic acid groups (broad SMARTS) is 1. The van der Waals surface area contributed by atoms with Crippen LogP contribution in [-0.2, 0) is 55.9 Å². The molecule has 0 aromatic heterocycles. The third-order valence-corrected chi connectivity index (χ3v) is 8.22. The number of hydrogen-bond donors (Lipinski definition) is 6. The summed E-state index contributed by atoms with van der Waals surface area (Å²) >= 11 is 0. The Kier molecular flexibility index (Phi) is 21.6. The largest absolute Gasteiger partial charge is 0.479 e. The van der Waals surface area contributed by atoms with Crippen LogP contribution in [-0.4, -0.2) is 128 Å². The average molecular weight is 771 g/mol. The van der Waals surface area contributed by atoms with E-state index in [1.54, 1.807) is 39.0 Å². The van der Waals surface area contributed by atoms with Crippen molar-refractivity contribution in [2.75, 3.05) is 52.7 Å². The molecule has 16 heteroatoms. The molecule has 2 amide bonds. The van der Waals surface area contributed by atoms with Gasteiger partial charge < -0.3 is 59.5 Å². The highest BCUT2D eigenvalue weighted by Crippen LogP contribution is 2.29. The van der Waals surface area contributed by atoms with E-state index in [1.165, 1.54) is 0 Å². The zero-order chi connectivity index (χ0) is 40.1. The fraction of sp³-hybridized carbons (Fsp3) is 0.737. The van der Waals surface area contributed by atoms with Gasteiger partial charge in [0.25, 0.3) is 0 Å². The number of carboxylic acids is 1. The molecule has 308 valence electrons. The molecule has 1 aliphatic rings. The first-order valence-electron chi connectivity index (χ1n) is 18.7. The number of nitrogens with one attached hydrogen (secondary N) is 2. The Labute approximate surface area is 318 Å². The first-order valence-corrected chi connectivity index (χ1v) is 18.7. The molecule has 1 saturated heterocycles. The summed E-state index contributed by atoms with van der Waals surface area (Å²) in [6, 6.07) is 5.09. The van der Waals surface area contributed by atoms with Crippen molar-refractivity contribution in [2.45, 2.75) is 117 Å². The Balaban J connectivity index is 1.63. The molecule has 1 aromatic carbocycles. The number of benzene rings is 1. The van der Waals surface area contributed by atoms with E-state index in [1.807, 2.05) is 13.8 Å². The third kappa shape index (κ3) is 18.3. The Hall–Kier alpha value is -3.38. The molecular weight excluding hydrogens is 708 g/mol. The number of aliphatic hydroxyl groups excluding tert-OH is 3. The normalized spacial score (nSPS) is 20.1. The number of rotatable bonds is 26. The number of unbranched alkanes of at least 4 members (excludes halogenated alkanes) is 2. The maximum absolute atomic E-state index is 12.5. The highest BCUT2D eigenvalue weighted by atomic mass is 16.7. The van der Waals surface area contributed by atoms with E-state index in [-0.39, 0.29) is 24.2 Å². The molecule has 0 bridgehead atoms. The quantitative estimate of drug-likeness (QED) is 0.0584. The Morgan fingerprint density at radius 2 is 1.44 bits per heavy atom. The molecular formula is C38H62N2O14. The third-order valence-electron chi connectivity index (χ3n) is 8.22. The number of hydrogen-bond acceptors (Lipinski definition) is 13. The van der Waals surface area contributed by atoms with Crippen LogP contribution in [0.15, 0.2) is 18.2 Å². The van der Waals surface area contributed by atoms with E-state index in [0.717, 1.165) is 24.8 Å². The van der Waals surface area contributed by atoms with E-state index >= 15 is 0 Å². The van der Waals surface area contributed by atoms with Crippen molar-refractivity contribution < 1.29 is 68.0 Å². The second kappa shape index (κ2) is 24.9. The van der Waals surface area contributed by atoms with Crippen molar-refractivity contribution in [3.63, 3.8) is 0 Å². The lowest BCUT2D eigenvalue weighted by Crippen LogP contribution is -2.61. The smallest absolute Gasteiger partial charge is 0.335 e. The summed E-state index contributed by atoms with van der Waals surface area (Å²) in [5.41, 5.74) is 0.542. The monoisotopic (exact) mass is 770 g/mol. The maximum atomic E-state index is 12.5. The molecule has 0 aliphatic carbocycles. The second-order valence-corrected chi connectivity index (χ2v) is 14.7. The van der Waals surface area contributed by atoms with Gasteiger partial charge in [-0.3, -0.25) is 14.4 Å². The van der Waals surface area contributed by atoms with Gasteiger partial charge in [-0.15, -0.1) is 0 Å². The van der Waals surface area contributed by atoms with Crippen LogP contribution in [0.4, 0.5) is 0 Å². The van der Waals surface area contributed by atoms with E-state index in [2.05, 4.69) is 10.6 Å². The predicted octanol–water partition coefficient (Wildman–Crippen LogP) is 1.87. The topological polar surface area (TPSA) is 229 Å². The molecule has 6 N–H and O–H groups in total. The molecule has 0 unspecified atom stereocenters. The van der Waals surface area contributed by atoms with Crippen molar-refractivity contribution in [3.05, 3.63) is 29.3 Å². The maximum Gasteiger partial charge on any atom is 0.335 e. The van der Waals surface area contributed by atoms with Crippen LogP contribution in [0.5, 0.6) is 5.75 Å². The van der Waals surface area contributed by atoms with Crippen molar-refractivity contribution in [1.29, 1.82) is 0 Å². The SMILES string of the molecule is CC(C)CC(=O)NCCCCCC(=O)NCCOCCOCCOCCCc1ccc(O[C@@H]2O[C@H](C(=O)O)[C@@H](O)[C@H](O)[C@H]2O)c(COC(=O)C(C)(C)C)c1. The summed E-state index contributed by atoms with van der Waals surface area (Å²) in [6.07, 6.45) is -4.12. The van der Waals surface area contributed by atoms with Crippen LogP contribution in [0.2, 0.25) is 0 Å². The Morgan fingerprint density at radius 3 is 2.09 bits per heavy atom. The minimum atomic E-state index is -1.86. The van der Waals surface area contributed by atoms with Crippen LogP contribution in [0, 0.1) is 11.3 Å². The van der Waals surface area contributed by atoms with E-state index < -0.39 is 48.1 Å². The summed E-state index contributed by atoms with van der Waals surface area (Å²) < 4.78 is 33.2. The predicted molar refractivity (Wildman–Crippen MR) is 195 cm³/mol. The van der Waals surface area contributed by atoms with Gasteiger partial charge in [-0.1, -0.05) is 26.3 Å². The van der Waals surface area contributed by atoms with Crippen molar-refractivity contribution in [1.82, 2.24) is 10.6 Å². The minimum absolute atomic E-state index is 0.0181. The van der Waals surface area contributed by atoms with Crippen LogP contribution in [0.1, 0.15) is 84.3 Å². The lowest BCUT2D eigenvalue weighted by molar-refractivity contribution is -0.271. The molecule has 1 fully saturated rings. The number of esters is 1. The lowest BCUT2D eigenvalue weighted by Gasteiger charge is -2.38. The molecule has 0 radical (unpaired) electrons. The Bertz CT molecular complexity index is 1290. The molecule has 2 rings (SSSR count). The van der Waals surface area contributed by atoms with E-state index in [4.69, 9.17) is 28.4 Å². The fourth-order valence-electron chi connectivity index (χ4n) is 5.18. The van der Waals surface area contributed by atoms with Crippen LogP contribution in [0.3, 0.4) is 0 Å². The Morgan fingerprint density at radius 1 is 0.796 bits per heavy atom. The highest BCUT2D eigenvalue weighted by molar-refractivity contribution is 5.76. The number of ether oxygens (including phenoxy) is 6. The lowest BCUT2D eigenvalue weighted by atomic mass is 9.97. The first-order chi connectivity index (χ1) is 25.6. The van der Waals surface area contributed by atoms with Crippen LogP contribution >= 0.6 is 0 Å². The standard InChI is InChI=1S/C38H62N2O14/c1-25(2)22-30(42)39-14-8-6-7-11-29(41)40-15-17-50-19-21-51-20-18-49-16-9-10-26-12-13-28(27(23-26)24-52-37(48)38(3,4)5)53-36-33(45)31(43)32(44)34(54-36)35(46)47/h12-13,23,25,31-34,36,43-45H,6-11,14-22,24H2,1-5H3,(H,39,42)(H,40,41)(H,46,47)/t31-,32-,33+,34-,36+/m0/s1. The van der Waals surface area contributed by atoms with Crippen LogP contribution < -0.4 is 15.4 Å². The second-order valence-electron chi connectivity index (χ2n) is 14.7. The minimum Gasteiger partial charge on any atom is -0.479 e. The molecule has 1 heterocycles. The van der Waals surface area contributed by atoms with Gasteiger partial charge in [0.2, 0.25) is 18.1 Å². The molecule has 1 aromatic rings. The molecule has 1 aliphatic heterocycles. The number of aliphatic carboxylic acids is 1. The molecule has 16 nitrogen and oxygen atoms in total. The number of carbonyl (C=O) groups excluding carboxylic acids is 3. The fourth-order valence-corrected chi connectivity index (χ4v) is 5.18. The zero-order valence-electron chi connectivity index (χ0n) is 32.4. The first kappa shape index (κ1) is 46.8. The van der Waals surface area contributed by atoms with Gasteiger partial charge in [-0.25, -0.2) is 4.79 Å². The summed E-state index contributed by atoms with van der Waals surface area (Å²) in [5.74, 6) is -1.45. The van der Waals surface area contributed by atoms with Gasteiger partial charge in [0.15, 0.2) is 6.10 Å². The molecule has 5 atom stereocenters.